The summed E-state index contributed by atoms with van der Waals surface area (Å²) in [6, 6.07) is 16.0. The van der Waals surface area contributed by atoms with Crippen LogP contribution in [0, 0.1) is 6.92 Å². The van der Waals surface area contributed by atoms with E-state index in [1.165, 1.54) is 16.3 Å². The highest BCUT2D eigenvalue weighted by molar-refractivity contribution is 5.86. The number of rotatable bonds is 2. The molecule has 0 amide bonds. The van der Waals surface area contributed by atoms with Crippen molar-refractivity contribution >= 4 is 21.8 Å². The lowest BCUT2D eigenvalue weighted by Crippen LogP contribution is -2.22. The van der Waals surface area contributed by atoms with Crippen molar-refractivity contribution in [1.82, 2.24) is 14.5 Å². The fourth-order valence-electron chi connectivity index (χ4n) is 2.94. The summed E-state index contributed by atoms with van der Waals surface area (Å²) in [6.45, 7) is 2.58. The van der Waals surface area contributed by atoms with Gasteiger partial charge in [0.25, 0.3) is 5.56 Å². The molecule has 0 atom stereocenters. The van der Waals surface area contributed by atoms with Crippen LogP contribution in [-0.2, 0) is 6.54 Å². The first-order chi connectivity index (χ1) is 11.2. The quantitative estimate of drug-likeness (QED) is 0.571. The Morgan fingerprint density at radius 1 is 0.957 bits per heavy atom. The molecule has 0 saturated carbocycles. The molecule has 4 aromatic rings. The van der Waals surface area contributed by atoms with Crippen LogP contribution in [-0.4, -0.2) is 14.5 Å². The lowest BCUT2D eigenvalue weighted by molar-refractivity contribution is 0.747. The minimum atomic E-state index is -0.0598. The maximum Gasteiger partial charge on any atom is 0.263 e. The molecule has 0 fully saturated rings. The van der Waals surface area contributed by atoms with Crippen LogP contribution in [0.4, 0.5) is 0 Å². The van der Waals surface area contributed by atoms with Gasteiger partial charge in [0.15, 0.2) is 5.65 Å². The molecular formula is C19H15N3O. The smallest absolute Gasteiger partial charge is 0.263 e. The average Bonchev–Trinajstić information content (AvgIpc) is 2.60. The highest BCUT2D eigenvalue weighted by atomic mass is 16.1. The molecule has 0 aliphatic heterocycles. The van der Waals surface area contributed by atoms with Crippen molar-refractivity contribution in [3.8, 4) is 0 Å². The normalized spacial score (nSPS) is 11.2. The van der Waals surface area contributed by atoms with Crippen LogP contribution in [0.25, 0.3) is 21.8 Å². The van der Waals surface area contributed by atoms with Gasteiger partial charge >= 0.3 is 0 Å². The fourth-order valence-corrected chi connectivity index (χ4v) is 2.94. The molecule has 0 spiro atoms. The number of pyridine rings is 1. The van der Waals surface area contributed by atoms with Gasteiger partial charge in [-0.05, 0) is 41.0 Å². The first-order valence-corrected chi connectivity index (χ1v) is 7.51. The third-order valence-corrected chi connectivity index (χ3v) is 4.20. The third kappa shape index (κ3) is 2.28. The molecule has 2 aromatic heterocycles. The van der Waals surface area contributed by atoms with Crippen molar-refractivity contribution in [3.05, 3.63) is 82.5 Å². The minimum Gasteiger partial charge on any atom is -0.294 e. The van der Waals surface area contributed by atoms with Crippen LogP contribution in [0.5, 0.6) is 0 Å². The summed E-state index contributed by atoms with van der Waals surface area (Å²) in [6.07, 6.45) is 3.23. The second-order valence-corrected chi connectivity index (χ2v) is 5.63. The van der Waals surface area contributed by atoms with Crippen molar-refractivity contribution in [3.63, 3.8) is 0 Å². The first-order valence-electron chi connectivity index (χ1n) is 7.51. The van der Waals surface area contributed by atoms with Crippen molar-refractivity contribution in [2.45, 2.75) is 13.5 Å². The highest BCUT2D eigenvalue weighted by Gasteiger charge is 2.09. The summed E-state index contributed by atoms with van der Waals surface area (Å²) in [7, 11) is 0. The second-order valence-electron chi connectivity index (χ2n) is 5.63. The molecule has 4 rings (SSSR count). The van der Waals surface area contributed by atoms with Gasteiger partial charge in [0.1, 0.15) is 6.33 Å². The van der Waals surface area contributed by atoms with E-state index in [4.69, 9.17) is 0 Å². The molecule has 0 aliphatic carbocycles. The molecule has 112 valence electrons. The van der Waals surface area contributed by atoms with Gasteiger partial charge in [0.2, 0.25) is 0 Å². The molecule has 0 N–H and O–H groups in total. The zero-order valence-corrected chi connectivity index (χ0v) is 12.7. The van der Waals surface area contributed by atoms with Crippen LogP contribution in [0.3, 0.4) is 0 Å². The summed E-state index contributed by atoms with van der Waals surface area (Å²) in [5.41, 5.74) is 2.75. The summed E-state index contributed by atoms with van der Waals surface area (Å²) in [4.78, 5) is 21.1. The molecule has 0 unspecified atom stereocenters. The fraction of sp³-hybridized carbons (Fsp3) is 0.105. The molecular weight excluding hydrogens is 286 g/mol. The van der Waals surface area contributed by atoms with Crippen molar-refractivity contribution in [2.24, 2.45) is 0 Å². The molecule has 4 nitrogen and oxygen atoms in total. The predicted octanol–water partition coefficient (Wildman–Crippen LogP) is 3.30. The lowest BCUT2D eigenvalue weighted by Gasteiger charge is -2.12. The van der Waals surface area contributed by atoms with Gasteiger partial charge in [0, 0.05) is 6.20 Å². The molecule has 0 saturated heterocycles. The average molecular weight is 301 g/mol. The van der Waals surface area contributed by atoms with Gasteiger partial charge in [0.05, 0.1) is 11.9 Å². The predicted molar refractivity (Wildman–Crippen MR) is 91.6 cm³/mol. The highest BCUT2D eigenvalue weighted by Crippen LogP contribution is 2.22. The van der Waals surface area contributed by atoms with E-state index < -0.39 is 0 Å². The van der Waals surface area contributed by atoms with E-state index in [2.05, 4.69) is 41.2 Å². The van der Waals surface area contributed by atoms with E-state index in [0.717, 1.165) is 5.56 Å². The largest absolute Gasteiger partial charge is 0.294 e. The number of aromatic nitrogens is 3. The van der Waals surface area contributed by atoms with Crippen LogP contribution >= 0.6 is 0 Å². The lowest BCUT2D eigenvalue weighted by atomic mass is 9.99. The number of hydrogen-bond acceptors (Lipinski definition) is 3. The van der Waals surface area contributed by atoms with Gasteiger partial charge in [-0.1, -0.05) is 36.4 Å². The Morgan fingerprint density at radius 2 is 1.78 bits per heavy atom. The molecule has 0 bridgehead atoms. The van der Waals surface area contributed by atoms with Crippen LogP contribution in [0.15, 0.2) is 65.8 Å². The standard InChI is InChI=1S/C19H15N3O/c1-13-8-9-14-5-2-3-6-15(14)17(13)11-22-12-21-18-16(19(22)23)7-4-10-20-18/h2-10,12H,11H2,1H3. The van der Waals surface area contributed by atoms with Gasteiger partial charge in [-0.15, -0.1) is 0 Å². The number of nitrogens with zero attached hydrogens (tertiary/aromatic N) is 3. The van der Waals surface area contributed by atoms with Crippen molar-refractivity contribution in [2.75, 3.05) is 0 Å². The monoisotopic (exact) mass is 301 g/mol. The number of aryl methyl sites for hydroxylation is 1. The second kappa shape index (κ2) is 5.32. The summed E-state index contributed by atoms with van der Waals surface area (Å²) in [5, 5.41) is 2.90. The SMILES string of the molecule is Cc1ccc2ccccc2c1Cn1cnc2ncccc2c1=O. The zero-order chi connectivity index (χ0) is 15.8. The Kier molecular flexibility index (Phi) is 3.15. The Balaban J connectivity index is 1.90. The summed E-state index contributed by atoms with van der Waals surface area (Å²) >= 11 is 0. The maximum atomic E-state index is 12.7. The van der Waals surface area contributed by atoms with E-state index >= 15 is 0 Å². The van der Waals surface area contributed by atoms with Crippen LogP contribution < -0.4 is 5.56 Å². The van der Waals surface area contributed by atoms with E-state index in [0.29, 0.717) is 17.6 Å². The summed E-state index contributed by atoms with van der Waals surface area (Å²) in [5.74, 6) is 0. The minimum absolute atomic E-state index is 0.0598. The van der Waals surface area contributed by atoms with Crippen molar-refractivity contribution in [1.29, 1.82) is 0 Å². The number of benzene rings is 2. The number of hydrogen-bond donors (Lipinski definition) is 0. The van der Waals surface area contributed by atoms with Gasteiger partial charge in [-0.2, -0.15) is 0 Å². The van der Waals surface area contributed by atoms with Gasteiger partial charge in [-0.25, -0.2) is 9.97 Å². The van der Waals surface area contributed by atoms with E-state index in [1.807, 2.05) is 12.1 Å². The Labute approximate surface area is 133 Å². The van der Waals surface area contributed by atoms with E-state index in [-0.39, 0.29) is 5.56 Å². The molecule has 2 aromatic carbocycles. The Bertz CT molecular complexity index is 1080. The first kappa shape index (κ1) is 13.6. The topological polar surface area (TPSA) is 47.8 Å². The molecule has 0 aliphatic rings. The Hall–Kier alpha value is -3.01. The maximum absolute atomic E-state index is 12.7. The molecule has 4 heteroatoms. The third-order valence-electron chi connectivity index (χ3n) is 4.20. The van der Waals surface area contributed by atoms with Gasteiger partial charge < -0.3 is 0 Å². The van der Waals surface area contributed by atoms with Gasteiger partial charge in [-0.3, -0.25) is 9.36 Å². The van der Waals surface area contributed by atoms with Crippen LogP contribution in [0.2, 0.25) is 0 Å². The molecule has 23 heavy (non-hydrogen) atoms. The van der Waals surface area contributed by atoms with Crippen LogP contribution in [0.1, 0.15) is 11.1 Å². The Morgan fingerprint density at radius 3 is 2.70 bits per heavy atom. The summed E-state index contributed by atoms with van der Waals surface area (Å²) < 4.78 is 1.65. The molecule has 0 radical (unpaired) electrons. The molecule has 2 heterocycles. The van der Waals surface area contributed by atoms with E-state index in [1.54, 1.807) is 29.2 Å². The number of fused-ring (bicyclic) bond motifs is 2. The van der Waals surface area contributed by atoms with E-state index in [9.17, 15) is 4.79 Å². The van der Waals surface area contributed by atoms with Crippen molar-refractivity contribution < 1.29 is 0 Å². The zero-order valence-electron chi connectivity index (χ0n) is 12.7.